The molecule has 3 heterocycles. The van der Waals surface area contributed by atoms with Gasteiger partial charge in [-0.2, -0.15) is 0 Å². The fourth-order valence-corrected chi connectivity index (χ4v) is 3.94. The Balaban J connectivity index is 1.69. The van der Waals surface area contributed by atoms with Crippen molar-refractivity contribution < 1.29 is 0 Å². The van der Waals surface area contributed by atoms with Crippen LogP contribution in [0.4, 0.5) is 0 Å². The predicted molar refractivity (Wildman–Crippen MR) is 87.6 cm³/mol. The predicted octanol–water partition coefficient (Wildman–Crippen LogP) is 3.67. The van der Waals surface area contributed by atoms with Crippen LogP contribution in [0, 0.1) is 13.8 Å². The standard InChI is InChI=1S/C17H23N3S/c1-4-5-17-18-9-14-10-20(7-6-16(14)19-17)11-15-8-12(2)13(3)21-15/h8-9H,4-7,10-11H2,1-3H3. The molecule has 0 N–H and O–H groups in total. The van der Waals surface area contributed by atoms with Gasteiger partial charge in [-0.05, 0) is 31.9 Å². The largest absolute Gasteiger partial charge is 0.293 e. The van der Waals surface area contributed by atoms with Crippen molar-refractivity contribution in [1.82, 2.24) is 14.9 Å². The van der Waals surface area contributed by atoms with Crippen molar-refractivity contribution in [3.63, 3.8) is 0 Å². The summed E-state index contributed by atoms with van der Waals surface area (Å²) in [5.74, 6) is 1.01. The fraction of sp³-hybridized carbons (Fsp3) is 0.529. The first-order valence-electron chi connectivity index (χ1n) is 7.77. The number of aromatic nitrogens is 2. The third-order valence-corrected chi connectivity index (χ3v) is 5.27. The highest BCUT2D eigenvalue weighted by molar-refractivity contribution is 7.12. The molecule has 0 amide bonds. The van der Waals surface area contributed by atoms with Crippen LogP contribution in [0.5, 0.6) is 0 Å². The van der Waals surface area contributed by atoms with E-state index in [-0.39, 0.29) is 0 Å². The third-order valence-electron chi connectivity index (χ3n) is 4.13. The van der Waals surface area contributed by atoms with Crippen LogP contribution in [0.25, 0.3) is 0 Å². The molecule has 0 spiro atoms. The van der Waals surface area contributed by atoms with Gasteiger partial charge in [-0.15, -0.1) is 11.3 Å². The molecule has 0 saturated heterocycles. The van der Waals surface area contributed by atoms with Gasteiger partial charge in [0, 0.05) is 59.7 Å². The molecule has 0 aromatic carbocycles. The number of hydrogen-bond acceptors (Lipinski definition) is 4. The van der Waals surface area contributed by atoms with Gasteiger partial charge in [0.05, 0.1) is 0 Å². The van der Waals surface area contributed by atoms with Crippen molar-refractivity contribution in [2.45, 2.75) is 53.1 Å². The van der Waals surface area contributed by atoms with E-state index in [0.29, 0.717) is 0 Å². The van der Waals surface area contributed by atoms with E-state index < -0.39 is 0 Å². The van der Waals surface area contributed by atoms with Crippen LogP contribution >= 0.6 is 11.3 Å². The molecular weight excluding hydrogens is 278 g/mol. The van der Waals surface area contributed by atoms with Crippen molar-refractivity contribution in [2.75, 3.05) is 6.54 Å². The fourth-order valence-electron chi connectivity index (χ4n) is 2.84. The Morgan fingerprint density at radius 2 is 2.19 bits per heavy atom. The zero-order chi connectivity index (χ0) is 14.8. The maximum atomic E-state index is 4.73. The minimum Gasteiger partial charge on any atom is -0.293 e. The van der Waals surface area contributed by atoms with Crippen LogP contribution in [0.3, 0.4) is 0 Å². The molecule has 0 atom stereocenters. The van der Waals surface area contributed by atoms with Crippen LogP contribution in [0.15, 0.2) is 12.3 Å². The number of nitrogens with zero attached hydrogens (tertiary/aromatic N) is 3. The summed E-state index contributed by atoms with van der Waals surface area (Å²) in [5.41, 5.74) is 3.99. The lowest BCUT2D eigenvalue weighted by Crippen LogP contribution is -2.30. The molecule has 21 heavy (non-hydrogen) atoms. The van der Waals surface area contributed by atoms with Gasteiger partial charge in [0.1, 0.15) is 5.82 Å². The Kier molecular flexibility index (Phi) is 4.36. The van der Waals surface area contributed by atoms with E-state index in [4.69, 9.17) is 4.98 Å². The van der Waals surface area contributed by atoms with E-state index in [9.17, 15) is 0 Å². The zero-order valence-electron chi connectivity index (χ0n) is 13.1. The second kappa shape index (κ2) is 6.24. The molecule has 3 rings (SSSR count). The smallest absolute Gasteiger partial charge is 0.128 e. The van der Waals surface area contributed by atoms with E-state index in [0.717, 1.165) is 44.7 Å². The Morgan fingerprint density at radius 3 is 2.90 bits per heavy atom. The van der Waals surface area contributed by atoms with Gasteiger partial charge in [0.15, 0.2) is 0 Å². The summed E-state index contributed by atoms with van der Waals surface area (Å²) in [4.78, 5) is 14.7. The monoisotopic (exact) mass is 301 g/mol. The lowest BCUT2D eigenvalue weighted by molar-refractivity contribution is 0.244. The average Bonchev–Trinajstić information content (AvgIpc) is 2.78. The summed E-state index contributed by atoms with van der Waals surface area (Å²) in [5, 5.41) is 0. The second-order valence-corrected chi connectivity index (χ2v) is 7.26. The molecule has 3 nitrogen and oxygen atoms in total. The van der Waals surface area contributed by atoms with Gasteiger partial charge in [-0.3, -0.25) is 4.90 Å². The summed E-state index contributed by atoms with van der Waals surface area (Å²) in [6.45, 7) is 9.72. The molecule has 0 saturated carbocycles. The lowest BCUT2D eigenvalue weighted by Gasteiger charge is -2.27. The molecule has 0 radical (unpaired) electrons. The molecule has 0 fully saturated rings. The number of fused-ring (bicyclic) bond motifs is 1. The van der Waals surface area contributed by atoms with Gasteiger partial charge >= 0.3 is 0 Å². The minimum absolute atomic E-state index is 0.984. The maximum Gasteiger partial charge on any atom is 0.128 e. The topological polar surface area (TPSA) is 29.0 Å². The quantitative estimate of drug-likeness (QED) is 0.863. The summed E-state index contributed by atoms with van der Waals surface area (Å²) < 4.78 is 0. The lowest BCUT2D eigenvalue weighted by atomic mass is 10.1. The first-order chi connectivity index (χ1) is 10.2. The molecule has 0 bridgehead atoms. The van der Waals surface area contributed by atoms with Crippen molar-refractivity contribution in [2.24, 2.45) is 0 Å². The molecule has 4 heteroatoms. The Morgan fingerprint density at radius 1 is 1.33 bits per heavy atom. The van der Waals surface area contributed by atoms with E-state index in [1.54, 1.807) is 0 Å². The van der Waals surface area contributed by atoms with Crippen LogP contribution in [0.1, 0.15) is 45.7 Å². The van der Waals surface area contributed by atoms with Crippen LogP contribution in [-0.4, -0.2) is 21.4 Å². The molecule has 0 aliphatic carbocycles. The van der Waals surface area contributed by atoms with Crippen molar-refractivity contribution in [3.8, 4) is 0 Å². The van der Waals surface area contributed by atoms with E-state index in [1.807, 2.05) is 17.5 Å². The number of rotatable bonds is 4. The number of aryl methyl sites for hydroxylation is 3. The zero-order valence-corrected chi connectivity index (χ0v) is 14.0. The molecule has 112 valence electrons. The number of hydrogen-bond donors (Lipinski definition) is 0. The van der Waals surface area contributed by atoms with Crippen molar-refractivity contribution in [1.29, 1.82) is 0 Å². The SMILES string of the molecule is CCCc1ncc2c(n1)CCN(Cc1cc(C)c(C)s1)C2. The number of thiophene rings is 1. The van der Waals surface area contributed by atoms with Crippen molar-refractivity contribution >= 4 is 11.3 Å². The van der Waals surface area contributed by atoms with E-state index >= 15 is 0 Å². The molecule has 2 aromatic rings. The summed E-state index contributed by atoms with van der Waals surface area (Å²) in [7, 11) is 0. The van der Waals surface area contributed by atoms with Crippen LogP contribution in [0.2, 0.25) is 0 Å². The Bertz CT molecular complexity index is 613. The minimum atomic E-state index is 0.984. The normalized spacial score (nSPS) is 15.2. The van der Waals surface area contributed by atoms with Crippen LogP contribution in [-0.2, 0) is 25.9 Å². The highest BCUT2D eigenvalue weighted by Gasteiger charge is 2.19. The highest BCUT2D eigenvalue weighted by Crippen LogP contribution is 2.24. The van der Waals surface area contributed by atoms with Crippen LogP contribution < -0.4 is 0 Å². The molecule has 1 aliphatic rings. The van der Waals surface area contributed by atoms with Crippen molar-refractivity contribution in [3.05, 3.63) is 44.7 Å². The van der Waals surface area contributed by atoms with Gasteiger partial charge < -0.3 is 0 Å². The van der Waals surface area contributed by atoms with E-state index in [2.05, 4.69) is 36.7 Å². The first-order valence-corrected chi connectivity index (χ1v) is 8.59. The highest BCUT2D eigenvalue weighted by atomic mass is 32.1. The summed E-state index contributed by atoms with van der Waals surface area (Å²) in [6, 6.07) is 2.33. The Hall–Kier alpha value is -1.26. The molecule has 2 aromatic heterocycles. The van der Waals surface area contributed by atoms with E-state index in [1.165, 1.54) is 26.6 Å². The first kappa shape index (κ1) is 14.7. The summed E-state index contributed by atoms with van der Waals surface area (Å²) in [6.07, 6.45) is 5.20. The Labute approximate surface area is 131 Å². The molecule has 1 aliphatic heterocycles. The maximum absolute atomic E-state index is 4.73. The average molecular weight is 301 g/mol. The third kappa shape index (κ3) is 3.33. The van der Waals surface area contributed by atoms with Gasteiger partial charge in [0.25, 0.3) is 0 Å². The van der Waals surface area contributed by atoms with Gasteiger partial charge in [-0.1, -0.05) is 6.92 Å². The second-order valence-electron chi connectivity index (χ2n) is 5.92. The van der Waals surface area contributed by atoms with Gasteiger partial charge in [0.2, 0.25) is 0 Å². The summed E-state index contributed by atoms with van der Waals surface area (Å²) >= 11 is 1.93. The molecular formula is C17H23N3S. The molecule has 0 unspecified atom stereocenters. The van der Waals surface area contributed by atoms with Gasteiger partial charge in [-0.25, -0.2) is 9.97 Å².